The highest BCUT2D eigenvalue weighted by Gasteiger charge is 2.17. The molecule has 4 nitrogen and oxygen atoms in total. The monoisotopic (exact) mass is 299 g/mol. The third kappa shape index (κ3) is 4.60. The van der Waals surface area contributed by atoms with Gasteiger partial charge in [-0.05, 0) is 24.5 Å². The number of anilines is 1. The summed E-state index contributed by atoms with van der Waals surface area (Å²) < 4.78 is 5.67. The van der Waals surface area contributed by atoms with E-state index in [1.165, 1.54) is 12.1 Å². The molecule has 1 unspecified atom stereocenters. The van der Waals surface area contributed by atoms with E-state index in [0.717, 1.165) is 25.7 Å². The minimum absolute atomic E-state index is 0.0142. The molecule has 0 spiro atoms. The van der Waals surface area contributed by atoms with Gasteiger partial charge in [-0.15, -0.1) is 0 Å². The first-order valence-electron chi connectivity index (χ1n) is 6.94. The largest absolute Gasteiger partial charge is 0.491 e. The number of nitrogen functional groups attached to an aromatic ring is 1. The van der Waals surface area contributed by atoms with Crippen LogP contribution in [0.25, 0.3) is 0 Å². The Morgan fingerprint density at radius 2 is 2.15 bits per heavy atom. The molecule has 1 aromatic carbocycles. The van der Waals surface area contributed by atoms with Crippen molar-refractivity contribution in [2.45, 2.75) is 39.5 Å². The van der Waals surface area contributed by atoms with Crippen molar-refractivity contribution in [1.82, 2.24) is 0 Å². The molecule has 5 heteroatoms. The first-order chi connectivity index (χ1) is 9.49. The average Bonchev–Trinajstić information content (AvgIpc) is 2.40. The first-order valence-corrected chi connectivity index (χ1v) is 7.32. The van der Waals surface area contributed by atoms with Crippen molar-refractivity contribution < 1.29 is 14.6 Å². The number of halogens is 1. The zero-order valence-corrected chi connectivity index (χ0v) is 12.7. The molecule has 0 radical (unpaired) electrons. The van der Waals surface area contributed by atoms with E-state index < -0.39 is 5.97 Å². The lowest BCUT2D eigenvalue weighted by Crippen LogP contribution is -2.13. The molecule has 0 saturated carbocycles. The lowest BCUT2D eigenvalue weighted by molar-refractivity contribution is 0.0691. The lowest BCUT2D eigenvalue weighted by Gasteiger charge is -2.17. The normalized spacial score (nSPS) is 12.2. The Hall–Kier alpha value is -1.42. The van der Waals surface area contributed by atoms with Gasteiger partial charge in [0.1, 0.15) is 5.56 Å². The molecule has 0 saturated heterocycles. The van der Waals surface area contributed by atoms with Crippen LogP contribution in [-0.4, -0.2) is 17.7 Å². The molecule has 1 rings (SSSR count). The Morgan fingerprint density at radius 1 is 1.45 bits per heavy atom. The Kier molecular flexibility index (Phi) is 6.65. The topological polar surface area (TPSA) is 72.5 Å². The van der Waals surface area contributed by atoms with Gasteiger partial charge in [0.25, 0.3) is 0 Å². The van der Waals surface area contributed by atoms with Crippen LogP contribution in [0.1, 0.15) is 49.9 Å². The maximum absolute atomic E-state index is 11.2. The summed E-state index contributed by atoms with van der Waals surface area (Å²) in [7, 11) is 0. The van der Waals surface area contributed by atoms with Gasteiger partial charge in [-0.2, -0.15) is 0 Å². The van der Waals surface area contributed by atoms with Crippen molar-refractivity contribution in [3.63, 3.8) is 0 Å². The molecular weight excluding hydrogens is 278 g/mol. The van der Waals surface area contributed by atoms with Crippen LogP contribution in [0, 0.1) is 5.92 Å². The quantitative estimate of drug-likeness (QED) is 0.705. The van der Waals surface area contributed by atoms with Crippen LogP contribution in [0.5, 0.6) is 5.75 Å². The second-order valence-electron chi connectivity index (χ2n) is 4.91. The molecule has 0 aromatic heterocycles. The number of aromatic carboxylic acids is 1. The number of carbonyl (C=O) groups is 1. The average molecular weight is 300 g/mol. The fraction of sp³-hybridized carbons (Fsp3) is 0.533. The molecule has 0 aliphatic rings. The van der Waals surface area contributed by atoms with Gasteiger partial charge in [0.2, 0.25) is 0 Å². The molecule has 1 aromatic rings. The van der Waals surface area contributed by atoms with Crippen LogP contribution in [0.15, 0.2) is 12.1 Å². The van der Waals surface area contributed by atoms with E-state index in [0.29, 0.717) is 18.2 Å². The number of nitrogens with two attached hydrogens (primary N) is 1. The van der Waals surface area contributed by atoms with Crippen LogP contribution in [0.2, 0.25) is 5.02 Å². The zero-order chi connectivity index (χ0) is 15.1. The van der Waals surface area contributed by atoms with Crippen LogP contribution >= 0.6 is 11.6 Å². The summed E-state index contributed by atoms with van der Waals surface area (Å²) >= 11 is 6.04. The maximum atomic E-state index is 11.2. The Morgan fingerprint density at radius 3 is 2.70 bits per heavy atom. The number of hydrogen-bond donors (Lipinski definition) is 2. The summed E-state index contributed by atoms with van der Waals surface area (Å²) in [4.78, 5) is 11.2. The highest BCUT2D eigenvalue weighted by Crippen LogP contribution is 2.32. The molecule has 0 fully saturated rings. The molecule has 1 atom stereocenters. The fourth-order valence-corrected chi connectivity index (χ4v) is 2.30. The predicted octanol–water partition coefficient (Wildman–Crippen LogP) is 4.22. The van der Waals surface area contributed by atoms with E-state index in [2.05, 4.69) is 13.8 Å². The van der Waals surface area contributed by atoms with Crippen LogP contribution in [0.3, 0.4) is 0 Å². The van der Waals surface area contributed by atoms with Gasteiger partial charge in [-0.25, -0.2) is 4.79 Å². The SMILES string of the molecule is CCCCC(CC)COc1c(Cl)cc(N)cc1C(=O)O. The minimum Gasteiger partial charge on any atom is -0.491 e. The maximum Gasteiger partial charge on any atom is 0.339 e. The molecule has 20 heavy (non-hydrogen) atoms. The number of carboxylic acid groups (broad SMARTS) is 1. The number of rotatable bonds is 8. The molecule has 0 bridgehead atoms. The van der Waals surface area contributed by atoms with Crippen molar-refractivity contribution in [3.8, 4) is 5.75 Å². The summed E-state index contributed by atoms with van der Waals surface area (Å²) in [6.45, 7) is 4.72. The number of hydrogen-bond acceptors (Lipinski definition) is 3. The van der Waals surface area contributed by atoms with Crippen LogP contribution in [0.4, 0.5) is 5.69 Å². The van der Waals surface area contributed by atoms with Gasteiger partial charge in [-0.3, -0.25) is 0 Å². The lowest BCUT2D eigenvalue weighted by atomic mass is 10.0. The van der Waals surface area contributed by atoms with Gasteiger partial charge in [0.15, 0.2) is 5.75 Å². The number of carboxylic acids is 1. The Bertz CT molecular complexity index is 463. The number of unbranched alkanes of at least 4 members (excludes halogenated alkanes) is 1. The second-order valence-corrected chi connectivity index (χ2v) is 5.32. The second kappa shape index (κ2) is 8.00. The fourth-order valence-electron chi connectivity index (χ4n) is 2.02. The minimum atomic E-state index is -1.09. The highest BCUT2D eigenvalue weighted by atomic mass is 35.5. The van der Waals surface area contributed by atoms with Crippen LogP contribution in [-0.2, 0) is 0 Å². The molecular formula is C15H22ClNO3. The third-order valence-electron chi connectivity index (χ3n) is 3.30. The summed E-state index contributed by atoms with van der Waals surface area (Å²) in [6, 6.07) is 2.88. The summed E-state index contributed by atoms with van der Waals surface area (Å²) in [5.41, 5.74) is 5.94. The smallest absolute Gasteiger partial charge is 0.339 e. The standard InChI is InChI=1S/C15H22ClNO3/c1-3-5-6-10(4-2)9-20-14-12(15(18)19)7-11(17)8-13(14)16/h7-8,10H,3-6,9,17H2,1-2H3,(H,18,19). The number of ether oxygens (including phenoxy) is 1. The van der Waals surface area contributed by atoms with Gasteiger partial charge < -0.3 is 15.6 Å². The number of benzene rings is 1. The van der Waals surface area contributed by atoms with E-state index in [-0.39, 0.29) is 16.3 Å². The molecule has 0 aliphatic heterocycles. The Labute approximate surface area is 124 Å². The van der Waals surface area contributed by atoms with Gasteiger partial charge in [0, 0.05) is 5.69 Å². The van der Waals surface area contributed by atoms with Gasteiger partial charge >= 0.3 is 5.97 Å². The Balaban J connectivity index is 2.83. The van der Waals surface area contributed by atoms with Crippen molar-refractivity contribution >= 4 is 23.3 Å². The summed E-state index contributed by atoms with van der Waals surface area (Å²) in [5, 5.41) is 9.43. The van der Waals surface area contributed by atoms with E-state index >= 15 is 0 Å². The molecule has 0 heterocycles. The van der Waals surface area contributed by atoms with Gasteiger partial charge in [0.05, 0.1) is 11.6 Å². The molecule has 112 valence electrons. The molecule has 0 aliphatic carbocycles. The third-order valence-corrected chi connectivity index (χ3v) is 3.58. The van der Waals surface area contributed by atoms with Crippen LogP contribution < -0.4 is 10.5 Å². The van der Waals surface area contributed by atoms with E-state index in [1.54, 1.807) is 0 Å². The molecule has 0 amide bonds. The van der Waals surface area contributed by atoms with Gasteiger partial charge in [-0.1, -0.05) is 44.7 Å². The summed E-state index contributed by atoms with van der Waals surface area (Å²) in [6.07, 6.45) is 4.35. The zero-order valence-electron chi connectivity index (χ0n) is 12.0. The van der Waals surface area contributed by atoms with Crippen molar-refractivity contribution in [1.29, 1.82) is 0 Å². The van der Waals surface area contributed by atoms with Crippen molar-refractivity contribution in [3.05, 3.63) is 22.7 Å². The van der Waals surface area contributed by atoms with E-state index in [1.807, 2.05) is 0 Å². The highest BCUT2D eigenvalue weighted by molar-refractivity contribution is 6.33. The van der Waals surface area contributed by atoms with Crippen molar-refractivity contribution in [2.75, 3.05) is 12.3 Å². The van der Waals surface area contributed by atoms with E-state index in [9.17, 15) is 9.90 Å². The predicted molar refractivity (Wildman–Crippen MR) is 81.6 cm³/mol. The summed E-state index contributed by atoms with van der Waals surface area (Å²) in [5.74, 6) is -0.468. The van der Waals surface area contributed by atoms with E-state index in [4.69, 9.17) is 22.1 Å². The van der Waals surface area contributed by atoms with Crippen molar-refractivity contribution in [2.24, 2.45) is 5.92 Å². The first kappa shape index (κ1) is 16.6. The molecule has 3 N–H and O–H groups in total.